The van der Waals surface area contributed by atoms with Crippen LogP contribution in [0.3, 0.4) is 0 Å². The average molecular weight is 319 g/mol. The summed E-state index contributed by atoms with van der Waals surface area (Å²) in [6.07, 6.45) is 1.68. The molecule has 6 nitrogen and oxygen atoms in total. The fourth-order valence-electron chi connectivity index (χ4n) is 2.15. The van der Waals surface area contributed by atoms with E-state index < -0.39 is 11.9 Å². The van der Waals surface area contributed by atoms with Crippen molar-refractivity contribution < 1.29 is 19.1 Å². The number of carboxylic acid groups (broad SMARTS) is 1. The minimum atomic E-state index is -0.960. The van der Waals surface area contributed by atoms with E-state index in [1.807, 2.05) is 0 Å². The first kappa shape index (κ1) is 16.7. The zero-order chi connectivity index (χ0) is 17.1. The van der Waals surface area contributed by atoms with Crippen LogP contribution in [0.1, 0.15) is 23.0 Å². The molecule has 0 saturated carbocycles. The molecule has 122 valence electrons. The predicted octanol–water partition coefficient (Wildman–Crippen LogP) is 2.11. The molecular formula is C16H18FN3O3. The number of aryl methyl sites for hydroxylation is 1. The summed E-state index contributed by atoms with van der Waals surface area (Å²) < 4.78 is 14.5. The lowest BCUT2D eigenvalue weighted by Crippen LogP contribution is -2.34. The highest BCUT2D eigenvalue weighted by Gasteiger charge is 2.22. The number of nitrogens with zero attached hydrogens (tertiary/aromatic N) is 3. The average Bonchev–Trinajstić information content (AvgIpc) is 2.88. The first-order chi connectivity index (χ1) is 10.8. The Morgan fingerprint density at radius 1 is 1.35 bits per heavy atom. The maximum absolute atomic E-state index is 13.0. The van der Waals surface area contributed by atoms with E-state index >= 15 is 0 Å². The van der Waals surface area contributed by atoms with Crippen LogP contribution in [-0.2, 0) is 4.79 Å². The third-order valence-corrected chi connectivity index (χ3v) is 3.51. The third-order valence-electron chi connectivity index (χ3n) is 3.51. The molecular weight excluding hydrogens is 301 g/mol. The van der Waals surface area contributed by atoms with E-state index in [1.54, 1.807) is 25.3 Å². The summed E-state index contributed by atoms with van der Waals surface area (Å²) in [5.74, 6) is -2.32. The maximum atomic E-state index is 13.0. The van der Waals surface area contributed by atoms with Gasteiger partial charge in [-0.2, -0.15) is 5.10 Å². The molecule has 1 atom stereocenters. The van der Waals surface area contributed by atoms with Gasteiger partial charge in [-0.1, -0.05) is 6.92 Å². The van der Waals surface area contributed by atoms with Gasteiger partial charge < -0.3 is 10.0 Å². The van der Waals surface area contributed by atoms with Crippen LogP contribution in [0.25, 0.3) is 5.69 Å². The Balaban J connectivity index is 2.21. The molecule has 0 spiro atoms. The van der Waals surface area contributed by atoms with Gasteiger partial charge in [0.05, 0.1) is 11.6 Å². The molecule has 2 aromatic rings. The number of carbonyl (C=O) groups excluding carboxylic acids is 1. The van der Waals surface area contributed by atoms with Crippen LogP contribution in [0.5, 0.6) is 0 Å². The summed E-state index contributed by atoms with van der Waals surface area (Å²) in [4.78, 5) is 24.6. The van der Waals surface area contributed by atoms with E-state index in [1.165, 1.54) is 35.7 Å². The molecule has 23 heavy (non-hydrogen) atoms. The molecule has 0 aliphatic carbocycles. The topological polar surface area (TPSA) is 75.4 Å². The highest BCUT2D eigenvalue weighted by atomic mass is 19.1. The zero-order valence-corrected chi connectivity index (χ0v) is 13.2. The Labute approximate surface area is 133 Å². The molecule has 0 bridgehead atoms. The molecule has 2 rings (SSSR count). The second-order valence-electron chi connectivity index (χ2n) is 5.51. The largest absolute Gasteiger partial charge is 0.481 e. The van der Waals surface area contributed by atoms with Gasteiger partial charge in [0.15, 0.2) is 5.69 Å². The number of halogens is 1. The quantitative estimate of drug-likeness (QED) is 0.916. The number of hydrogen-bond acceptors (Lipinski definition) is 3. The van der Waals surface area contributed by atoms with E-state index in [4.69, 9.17) is 5.11 Å². The van der Waals surface area contributed by atoms with Gasteiger partial charge in [0.1, 0.15) is 5.82 Å². The zero-order valence-electron chi connectivity index (χ0n) is 13.2. The molecule has 1 heterocycles. The second-order valence-corrected chi connectivity index (χ2v) is 5.51. The van der Waals surface area contributed by atoms with Crippen molar-refractivity contribution in [3.63, 3.8) is 0 Å². The fourth-order valence-corrected chi connectivity index (χ4v) is 2.15. The van der Waals surface area contributed by atoms with Crippen molar-refractivity contribution in [3.8, 4) is 5.69 Å². The number of aromatic nitrogens is 2. The van der Waals surface area contributed by atoms with Gasteiger partial charge in [-0.25, -0.2) is 9.07 Å². The third kappa shape index (κ3) is 3.74. The van der Waals surface area contributed by atoms with Gasteiger partial charge in [-0.05, 0) is 31.2 Å². The molecule has 0 saturated heterocycles. The van der Waals surface area contributed by atoms with Gasteiger partial charge in [-0.15, -0.1) is 0 Å². The van der Waals surface area contributed by atoms with Crippen molar-refractivity contribution in [2.24, 2.45) is 5.92 Å². The van der Waals surface area contributed by atoms with Crippen molar-refractivity contribution in [2.45, 2.75) is 13.8 Å². The smallest absolute Gasteiger partial charge is 0.308 e. The molecule has 0 radical (unpaired) electrons. The SMILES string of the molecule is Cc1cn(-c2ccc(F)cc2)nc1C(=O)N(C)CC(C)C(=O)O. The van der Waals surface area contributed by atoms with E-state index in [2.05, 4.69) is 5.10 Å². The fraction of sp³-hybridized carbons (Fsp3) is 0.312. The molecule has 1 unspecified atom stereocenters. The predicted molar refractivity (Wildman–Crippen MR) is 82.0 cm³/mol. The second kappa shape index (κ2) is 6.60. The minimum absolute atomic E-state index is 0.0943. The Morgan fingerprint density at radius 2 is 1.96 bits per heavy atom. The standard InChI is InChI=1S/C16H18FN3O3/c1-10-9-20(13-6-4-12(17)5-7-13)18-14(10)15(21)19(3)8-11(2)16(22)23/h4-7,9,11H,8H2,1-3H3,(H,22,23). The summed E-state index contributed by atoms with van der Waals surface area (Å²) >= 11 is 0. The van der Waals surface area contributed by atoms with Gasteiger partial charge >= 0.3 is 5.97 Å². The van der Waals surface area contributed by atoms with Crippen molar-refractivity contribution >= 4 is 11.9 Å². The minimum Gasteiger partial charge on any atom is -0.481 e. The lowest BCUT2D eigenvalue weighted by atomic mass is 10.1. The van der Waals surface area contributed by atoms with Crippen LogP contribution in [-0.4, -0.2) is 45.3 Å². The monoisotopic (exact) mass is 319 g/mol. The number of aliphatic carboxylic acids is 1. The van der Waals surface area contributed by atoms with Gasteiger partial charge in [0, 0.05) is 25.4 Å². The van der Waals surface area contributed by atoms with Crippen molar-refractivity contribution in [1.29, 1.82) is 0 Å². The summed E-state index contributed by atoms with van der Waals surface area (Å²) in [5.41, 5.74) is 1.54. The molecule has 1 N–H and O–H groups in total. The highest BCUT2D eigenvalue weighted by Crippen LogP contribution is 2.14. The number of carboxylic acids is 1. The Bertz CT molecular complexity index is 725. The first-order valence-corrected chi connectivity index (χ1v) is 7.10. The van der Waals surface area contributed by atoms with Crippen LogP contribution >= 0.6 is 0 Å². The van der Waals surface area contributed by atoms with E-state index in [0.29, 0.717) is 11.3 Å². The van der Waals surface area contributed by atoms with E-state index in [9.17, 15) is 14.0 Å². The molecule has 0 aliphatic rings. The van der Waals surface area contributed by atoms with Crippen LogP contribution < -0.4 is 0 Å². The number of amides is 1. The number of rotatable bonds is 5. The lowest BCUT2D eigenvalue weighted by molar-refractivity contribution is -0.141. The van der Waals surface area contributed by atoms with E-state index in [0.717, 1.165) is 0 Å². The molecule has 7 heteroatoms. The van der Waals surface area contributed by atoms with Crippen molar-refractivity contribution in [1.82, 2.24) is 14.7 Å². The number of carbonyl (C=O) groups is 2. The van der Waals surface area contributed by atoms with Gasteiger partial charge in [-0.3, -0.25) is 9.59 Å². The summed E-state index contributed by atoms with van der Waals surface area (Å²) in [7, 11) is 1.54. The highest BCUT2D eigenvalue weighted by molar-refractivity contribution is 5.93. The summed E-state index contributed by atoms with van der Waals surface area (Å²) in [5, 5.41) is 13.2. The molecule has 1 amide bonds. The molecule has 1 aromatic heterocycles. The van der Waals surface area contributed by atoms with Crippen molar-refractivity contribution in [3.05, 3.63) is 47.5 Å². The van der Waals surface area contributed by atoms with Crippen LogP contribution in [0.4, 0.5) is 4.39 Å². The van der Waals surface area contributed by atoms with Crippen LogP contribution in [0.15, 0.2) is 30.5 Å². The Hall–Kier alpha value is -2.70. The van der Waals surface area contributed by atoms with Gasteiger partial charge in [0.25, 0.3) is 5.91 Å². The normalized spacial score (nSPS) is 12.0. The Kier molecular flexibility index (Phi) is 4.78. The van der Waals surface area contributed by atoms with Crippen LogP contribution in [0.2, 0.25) is 0 Å². The van der Waals surface area contributed by atoms with E-state index in [-0.39, 0.29) is 24.0 Å². The molecule has 0 aliphatic heterocycles. The molecule has 1 aromatic carbocycles. The first-order valence-electron chi connectivity index (χ1n) is 7.10. The molecule has 0 fully saturated rings. The van der Waals surface area contributed by atoms with Gasteiger partial charge in [0.2, 0.25) is 0 Å². The number of hydrogen-bond donors (Lipinski definition) is 1. The maximum Gasteiger partial charge on any atom is 0.308 e. The van der Waals surface area contributed by atoms with Crippen molar-refractivity contribution in [2.75, 3.05) is 13.6 Å². The summed E-state index contributed by atoms with van der Waals surface area (Å²) in [6, 6.07) is 5.75. The summed E-state index contributed by atoms with van der Waals surface area (Å²) in [6.45, 7) is 3.38. The lowest BCUT2D eigenvalue weighted by Gasteiger charge is -2.18. The van der Waals surface area contributed by atoms with Crippen LogP contribution in [0, 0.1) is 18.7 Å². The Morgan fingerprint density at radius 3 is 2.52 bits per heavy atom. The number of benzene rings is 1.